The van der Waals surface area contributed by atoms with Crippen molar-refractivity contribution in [2.45, 2.75) is 10.8 Å². The molecule has 0 fully saturated rings. The molecule has 0 spiro atoms. The van der Waals surface area contributed by atoms with E-state index in [-0.39, 0.29) is 11.4 Å². The van der Waals surface area contributed by atoms with E-state index in [9.17, 15) is 9.18 Å². The van der Waals surface area contributed by atoms with Crippen LogP contribution in [0.5, 0.6) is 0 Å². The van der Waals surface area contributed by atoms with Gasteiger partial charge >= 0.3 is 0 Å². The Kier molecular flexibility index (Phi) is 4.80. The summed E-state index contributed by atoms with van der Waals surface area (Å²) in [7, 11) is 1.74. The van der Waals surface area contributed by atoms with E-state index in [2.05, 4.69) is 15.0 Å². The van der Waals surface area contributed by atoms with Gasteiger partial charge in [-0.25, -0.2) is 19.3 Å². The number of aromatic nitrogens is 4. The maximum absolute atomic E-state index is 13.4. The van der Waals surface area contributed by atoms with Gasteiger partial charge in [0.1, 0.15) is 27.8 Å². The minimum Gasteiger partial charge on any atom is -0.299 e. The van der Waals surface area contributed by atoms with Crippen LogP contribution in [0.3, 0.4) is 0 Å². The first kappa shape index (κ1) is 18.9. The summed E-state index contributed by atoms with van der Waals surface area (Å²) in [5, 5.41) is 4.36. The summed E-state index contributed by atoms with van der Waals surface area (Å²) >= 11 is 3.04. The summed E-state index contributed by atoms with van der Waals surface area (Å²) in [6.45, 7) is 0. The van der Waals surface area contributed by atoms with Crippen molar-refractivity contribution in [2.75, 3.05) is 0 Å². The van der Waals surface area contributed by atoms with Crippen molar-refractivity contribution in [1.29, 1.82) is 0 Å². The molecular weight excluding hydrogens is 419 g/mol. The summed E-state index contributed by atoms with van der Waals surface area (Å²) in [6.07, 6.45) is 1.54. The van der Waals surface area contributed by atoms with Gasteiger partial charge in [0.25, 0.3) is 5.56 Å². The van der Waals surface area contributed by atoms with E-state index in [1.165, 1.54) is 35.2 Å². The molecule has 5 nitrogen and oxygen atoms in total. The predicted octanol–water partition coefficient (Wildman–Crippen LogP) is 5.04. The third-order valence-electron chi connectivity index (χ3n) is 4.90. The van der Waals surface area contributed by atoms with Gasteiger partial charge in [-0.05, 0) is 29.8 Å². The number of thiophene rings is 1. The first-order valence-electron chi connectivity index (χ1n) is 9.17. The maximum Gasteiger partial charge on any atom is 0.261 e. The highest BCUT2D eigenvalue weighted by molar-refractivity contribution is 7.98. The SMILES string of the molecule is Cn1c(CSc2ncnc3scc(-c4ccc(F)cc4)c23)nc2ccccc2c1=O. The smallest absolute Gasteiger partial charge is 0.261 e. The lowest BCUT2D eigenvalue weighted by Crippen LogP contribution is -2.21. The molecule has 0 radical (unpaired) electrons. The quantitative estimate of drug-likeness (QED) is 0.293. The van der Waals surface area contributed by atoms with Gasteiger partial charge in [0, 0.05) is 18.0 Å². The molecule has 0 atom stereocenters. The molecule has 0 amide bonds. The molecule has 0 aliphatic rings. The van der Waals surface area contributed by atoms with Crippen LogP contribution in [0.25, 0.3) is 32.2 Å². The number of nitrogens with zero attached hydrogens (tertiary/aromatic N) is 4. The third kappa shape index (κ3) is 3.28. The van der Waals surface area contributed by atoms with Gasteiger partial charge < -0.3 is 0 Å². The van der Waals surface area contributed by atoms with Crippen molar-refractivity contribution >= 4 is 44.2 Å². The molecule has 0 aliphatic heterocycles. The zero-order chi connectivity index (χ0) is 20.7. The monoisotopic (exact) mass is 434 g/mol. The summed E-state index contributed by atoms with van der Waals surface area (Å²) in [5.74, 6) is 0.892. The average Bonchev–Trinajstić information content (AvgIpc) is 3.21. The van der Waals surface area contributed by atoms with E-state index in [4.69, 9.17) is 0 Å². The molecule has 0 saturated heterocycles. The second-order valence-corrected chi connectivity index (χ2v) is 8.54. The lowest BCUT2D eigenvalue weighted by molar-refractivity contribution is 0.628. The van der Waals surface area contributed by atoms with E-state index >= 15 is 0 Å². The molecule has 0 bridgehead atoms. The molecule has 30 heavy (non-hydrogen) atoms. The molecule has 148 valence electrons. The summed E-state index contributed by atoms with van der Waals surface area (Å²) in [5.41, 5.74) is 2.51. The first-order valence-corrected chi connectivity index (χ1v) is 11.0. The van der Waals surface area contributed by atoms with Crippen LogP contribution in [0.15, 0.2) is 70.1 Å². The van der Waals surface area contributed by atoms with Crippen molar-refractivity contribution in [2.24, 2.45) is 7.05 Å². The average molecular weight is 435 g/mol. The Bertz CT molecular complexity index is 1440. The largest absolute Gasteiger partial charge is 0.299 e. The standard InChI is InChI=1S/C22H15FN4OS2/c1-27-18(26-17-5-3-2-4-15(17)22(27)28)11-30-21-19-16(10-29-20(19)24-12-25-21)13-6-8-14(23)9-7-13/h2-10,12H,11H2,1H3. The lowest BCUT2D eigenvalue weighted by atomic mass is 10.1. The molecule has 3 aromatic heterocycles. The first-order chi connectivity index (χ1) is 14.6. The highest BCUT2D eigenvalue weighted by Crippen LogP contribution is 2.38. The molecule has 0 aliphatic carbocycles. The van der Waals surface area contributed by atoms with Gasteiger partial charge in [-0.2, -0.15) is 0 Å². The van der Waals surface area contributed by atoms with Crippen LogP contribution in [0.4, 0.5) is 4.39 Å². The number of hydrogen-bond donors (Lipinski definition) is 0. The number of thioether (sulfide) groups is 1. The number of fused-ring (bicyclic) bond motifs is 2. The molecule has 8 heteroatoms. The fourth-order valence-electron chi connectivity index (χ4n) is 3.32. The molecule has 0 saturated carbocycles. The fraction of sp³-hybridized carbons (Fsp3) is 0.0909. The van der Waals surface area contributed by atoms with Gasteiger partial charge in [0.05, 0.1) is 22.0 Å². The predicted molar refractivity (Wildman–Crippen MR) is 119 cm³/mol. The normalized spacial score (nSPS) is 11.4. The third-order valence-corrected chi connectivity index (χ3v) is 6.78. The van der Waals surface area contributed by atoms with E-state index in [0.29, 0.717) is 22.5 Å². The van der Waals surface area contributed by atoms with Crippen LogP contribution in [-0.4, -0.2) is 19.5 Å². The molecule has 5 aromatic rings. The number of rotatable bonds is 4. The van der Waals surface area contributed by atoms with E-state index in [0.717, 1.165) is 26.4 Å². The Morgan fingerprint density at radius 3 is 2.73 bits per heavy atom. The summed E-state index contributed by atoms with van der Waals surface area (Å²) < 4.78 is 14.9. The number of hydrogen-bond acceptors (Lipinski definition) is 6. The van der Waals surface area contributed by atoms with E-state index < -0.39 is 0 Å². The highest BCUT2D eigenvalue weighted by Gasteiger charge is 2.15. The minimum absolute atomic E-state index is 0.0634. The number of para-hydroxylation sites is 1. The van der Waals surface area contributed by atoms with Crippen LogP contribution in [0, 0.1) is 5.82 Å². The van der Waals surface area contributed by atoms with Gasteiger partial charge in [-0.15, -0.1) is 11.3 Å². The van der Waals surface area contributed by atoms with Gasteiger partial charge in [-0.3, -0.25) is 9.36 Å². The van der Waals surface area contributed by atoms with Crippen molar-refractivity contribution < 1.29 is 4.39 Å². The lowest BCUT2D eigenvalue weighted by Gasteiger charge is -2.09. The van der Waals surface area contributed by atoms with Crippen molar-refractivity contribution in [3.63, 3.8) is 0 Å². The van der Waals surface area contributed by atoms with Crippen LogP contribution < -0.4 is 5.56 Å². The van der Waals surface area contributed by atoms with Crippen molar-refractivity contribution in [1.82, 2.24) is 19.5 Å². The summed E-state index contributed by atoms with van der Waals surface area (Å²) in [6, 6.07) is 13.8. The van der Waals surface area contributed by atoms with Crippen LogP contribution in [-0.2, 0) is 12.8 Å². The zero-order valence-electron chi connectivity index (χ0n) is 15.9. The molecule has 3 heterocycles. The van der Waals surface area contributed by atoms with Crippen LogP contribution >= 0.6 is 23.1 Å². The van der Waals surface area contributed by atoms with Gasteiger partial charge in [0.15, 0.2) is 0 Å². The molecule has 0 N–H and O–H groups in total. The van der Waals surface area contributed by atoms with Gasteiger partial charge in [0.2, 0.25) is 0 Å². The second-order valence-electron chi connectivity index (χ2n) is 6.71. The maximum atomic E-state index is 13.4. The molecule has 0 unspecified atom stereocenters. The summed E-state index contributed by atoms with van der Waals surface area (Å²) in [4.78, 5) is 27.1. The number of benzene rings is 2. The number of halogens is 1. The molecule has 5 rings (SSSR count). The van der Waals surface area contributed by atoms with Crippen molar-refractivity contribution in [3.8, 4) is 11.1 Å². The van der Waals surface area contributed by atoms with E-state index in [1.807, 2.05) is 23.6 Å². The van der Waals surface area contributed by atoms with E-state index in [1.54, 1.807) is 36.1 Å². The Balaban J connectivity index is 1.54. The Hall–Kier alpha value is -3.10. The van der Waals surface area contributed by atoms with Crippen molar-refractivity contribution in [3.05, 3.63) is 82.2 Å². The molecular formula is C22H15FN4OS2. The topological polar surface area (TPSA) is 60.7 Å². The van der Waals surface area contributed by atoms with Gasteiger partial charge in [-0.1, -0.05) is 36.0 Å². The second kappa shape index (κ2) is 7.62. The minimum atomic E-state index is -0.271. The fourth-order valence-corrected chi connectivity index (χ4v) is 5.30. The zero-order valence-corrected chi connectivity index (χ0v) is 17.5. The van der Waals surface area contributed by atoms with Crippen LogP contribution in [0.1, 0.15) is 5.82 Å². The Labute approximate surface area is 179 Å². The Morgan fingerprint density at radius 1 is 1.10 bits per heavy atom. The van der Waals surface area contributed by atoms with Crippen LogP contribution in [0.2, 0.25) is 0 Å². The molecule has 2 aromatic carbocycles. The highest BCUT2D eigenvalue weighted by atomic mass is 32.2. The Morgan fingerprint density at radius 2 is 1.90 bits per heavy atom.